The minimum absolute atomic E-state index is 0. The Labute approximate surface area is 237 Å². The van der Waals surface area contributed by atoms with E-state index >= 15 is 0 Å². The molecule has 0 aromatic heterocycles. The maximum absolute atomic E-state index is 13.1. The van der Waals surface area contributed by atoms with Crippen molar-refractivity contribution in [3.05, 3.63) is 0 Å². The zero-order valence-corrected chi connectivity index (χ0v) is 26.7. The number of hydrogen-bond acceptors (Lipinski definition) is 3. The fourth-order valence-electron chi connectivity index (χ4n) is 7.08. The van der Waals surface area contributed by atoms with Crippen molar-refractivity contribution < 1.29 is 8.78 Å². The Kier molecular flexibility index (Phi) is 13.7. The lowest BCUT2D eigenvalue weighted by Crippen LogP contribution is -2.39. The minimum Gasteiger partial charge on any atom is -0.298 e. The van der Waals surface area contributed by atoms with Crippen LogP contribution in [0.15, 0.2) is 0 Å². The van der Waals surface area contributed by atoms with E-state index in [2.05, 4.69) is 65.2 Å². The molecule has 0 radical (unpaired) electrons. The van der Waals surface area contributed by atoms with Gasteiger partial charge in [0.05, 0.1) is 6.54 Å². The van der Waals surface area contributed by atoms with E-state index in [9.17, 15) is 8.78 Å². The van der Waals surface area contributed by atoms with Crippen molar-refractivity contribution in [2.75, 3.05) is 19.6 Å². The maximum atomic E-state index is 13.1. The summed E-state index contributed by atoms with van der Waals surface area (Å²) in [5.41, 5.74) is 0.777. The number of likely N-dealkylation sites (tertiary alicyclic amines) is 3. The molecule has 0 N–H and O–H groups in total. The Bertz CT molecular complexity index is 589. The highest BCUT2D eigenvalue weighted by atomic mass is 19.3. The van der Waals surface area contributed by atoms with Gasteiger partial charge in [0, 0.05) is 49.2 Å². The molecule has 5 heteroatoms. The van der Waals surface area contributed by atoms with Crippen LogP contribution >= 0.6 is 0 Å². The van der Waals surface area contributed by atoms with Crippen molar-refractivity contribution >= 4 is 0 Å². The normalized spacial score (nSPS) is 28.9. The molecule has 0 bridgehead atoms. The summed E-state index contributed by atoms with van der Waals surface area (Å²) in [7, 11) is 0. The smallest absolute Gasteiger partial charge is 0.262 e. The van der Waals surface area contributed by atoms with Crippen LogP contribution < -0.4 is 0 Å². The third kappa shape index (κ3) is 9.68. The third-order valence-electron chi connectivity index (χ3n) is 9.53. The summed E-state index contributed by atoms with van der Waals surface area (Å²) in [6.45, 7) is 29.4. The quantitative estimate of drug-likeness (QED) is 0.331. The van der Waals surface area contributed by atoms with Crippen LogP contribution in [-0.2, 0) is 0 Å². The SMILES string of the molecule is C.CC(C)[C@@H]1CC(F)(F)CN1C(C)C.CC(C)[C@@H]1CC2(CC2)CN1C(C)C.CC(C)[C@@H]1CCCN1C(C)C. The molecule has 1 aliphatic carbocycles. The molecule has 0 unspecified atom stereocenters. The van der Waals surface area contributed by atoms with Crippen LogP contribution in [0.5, 0.6) is 0 Å². The van der Waals surface area contributed by atoms with Gasteiger partial charge in [-0.05, 0) is 103 Å². The molecule has 4 rings (SSSR count). The highest BCUT2D eigenvalue weighted by molar-refractivity contribution is 5.05. The number of rotatable bonds is 6. The molecule has 0 aromatic carbocycles. The Hall–Kier alpha value is -0.260. The van der Waals surface area contributed by atoms with Gasteiger partial charge in [0.15, 0.2) is 0 Å². The van der Waals surface area contributed by atoms with Gasteiger partial charge in [0.2, 0.25) is 0 Å². The van der Waals surface area contributed by atoms with Gasteiger partial charge in [-0.2, -0.15) is 0 Å². The van der Waals surface area contributed by atoms with Crippen molar-refractivity contribution in [3.63, 3.8) is 0 Å². The summed E-state index contributed by atoms with van der Waals surface area (Å²) < 4.78 is 26.2. The van der Waals surface area contributed by atoms with Crippen molar-refractivity contribution in [3.8, 4) is 0 Å². The zero-order valence-electron chi connectivity index (χ0n) is 26.7. The summed E-state index contributed by atoms with van der Waals surface area (Å²) in [6.07, 6.45) is 7.32. The first-order valence-electron chi connectivity index (χ1n) is 15.7. The van der Waals surface area contributed by atoms with Crippen LogP contribution in [0.4, 0.5) is 8.78 Å². The van der Waals surface area contributed by atoms with E-state index in [0.717, 1.165) is 41.4 Å². The van der Waals surface area contributed by atoms with Crippen LogP contribution in [0.3, 0.4) is 0 Å². The van der Waals surface area contributed by atoms with Crippen molar-refractivity contribution in [1.29, 1.82) is 0 Å². The molecule has 3 heterocycles. The molecule has 1 saturated carbocycles. The number of alkyl halides is 2. The number of halogens is 2. The molecule has 3 aliphatic heterocycles. The molecular weight excluding hydrogens is 476 g/mol. The van der Waals surface area contributed by atoms with Crippen molar-refractivity contribution in [1.82, 2.24) is 14.7 Å². The molecule has 38 heavy (non-hydrogen) atoms. The monoisotopic (exact) mass is 544 g/mol. The van der Waals surface area contributed by atoms with E-state index in [1.807, 2.05) is 32.6 Å². The topological polar surface area (TPSA) is 9.72 Å². The van der Waals surface area contributed by atoms with Crippen LogP contribution in [0.25, 0.3) is 0 Å². The maximum Gasteiger partial charge on any atom is 0.262 e. The Morgan fingerprint density at radius 1 is 0.579 bits per heavy atom. The lowest BCUT2D eigenvalue weighted by atomic mass is 9.96. The van der Waals surface area contributed by atoms with Gasteiger partial charge in [-0.3, -0.25) is 14.7 Å². The second-order valence-corrected chi connectivity index (χ2v) is 14.7. The molecule has 3 nitrogen and oxygen atoms in total. The van der Waals surface area contributed by atoms with E-state index in [-0.39, 0.29) is 32.5 Å². The van der Waals surface area contributed by atoms with Crippen molar-refractivity contribution in [2.45, 2.75) is 171 Å². The Balaban J connectivity index is 0.000000283. The minimum atomic E-state index is -2.47. The van der Waals surface area contributed by atoms with Gasteiger partial charge >= 0.3 is 0 Å². The third-order valence-corrected chi connectivity index (χ3v) is 9.53. The fraction of sp³-hybridized carbons (Fsp3) is 1.00. The van der Waals surface area contributed by atoms with Crippen LogP contribution in [0, 0.1) is 23.2 Å². The second-order valence-electron chi connectivity index (χ2n) is 14.7. The van der Waals surface area contributed by atoms with Crippen LogP contribution in [0.2, 0.25) is 0 Å². The first kappa shape index (κ1) is 35.8. The molecular formula is C33H67F2N3. The van der Waals surface area contributed by atoms with Crippen LogP contribution in [0.1, 0.15) is 129 Å². The molecule has 4 fully saturated rings. The summed E-state index contributed by atoms with van der Waals surface area (Å²) >= 11 is 0. The van der Waals surface area contributed by atoms with Gasteiger partial charge in [0.25, 0.3) is 5.92 Å². The first-order chi connectivity index (χ1) is 17.0. The molecule has 0 amide bonds. The number of nitrogens with zero attached hydrogens (tertiary/aromatic N) is 3. The molecule has 4 aliphatic rings. The lowest BCUT2D eigenvalue weighted by molar-refractivity contribution is 0.00915. The van der Waals surface area contributed by atoms with E-state index in [4.69, 9.17) is 0 Å². The summed E-state index contributed by atoms with van der Waals surface area (Å²) in [5.74, 6) is -0.489. The highest BCUT2D eigenvalue weighted by Gasteiger charge is 2.52. The zero-order chi connectivity index (χ0) is 28.3. The molecule has 1 spiro atoms. The van der Waals surface area contributed by atoms with Crippen LogP contribution in [-0.4, -0.2) is 76.5 Å². The highest BCUT2D eigenvalue weighted by Crippen LogP contribution is 2.56. The van der Waals surface area contributed by atoms with Gasteiger partial charge in [-0.25, -0.2) is 8.78 Å². The van der Waals surface area contributed by atoms with Crippen molar-refractivity contribution in [2.24, 2.45) is 23.2 Å². The molecule has 228 valence electrons. The first-order valence-corrected chi connectivity index (χ1v) is 15.7. The standard InChI is InChI=1S/C12H23N.C10H19F2N.C10H21N.CH4/c1-9(2)11-7-12(5-6-12)8-13(11)10(3)4;1-7(2)9-5-10(11,12)6-13(9)8(3)4;1-8(2)10-6-5-7-11(10)9(3)4;/h9-11H,5-8H2,1-4H3;7-9H,5-6H2,1-4H3;8-10H,5-7H2,1-4H3;1H4/t11-;9-;10-;/m000./s1. The molecule has 0 aromatic rings. The predicted octanol–water partition coefficient (Wildman–Crippen LogP) is 8.82. The Morgan fingerprint density at radius 3 is 1.32 bits per heavy atom. The number of hydrogen-bond donors (Lipinski definition) is 0. The summed E-state index contributed by atoms with van der Waals surface area (Å²) in [5, 5.41) is 0. The van der Waals surface area contributed by atoms with E-state index in [0.29, 0.717) is 5.92 Å². The van der Waals surface area contributed by atoms with E-state index in [1.165, 1.54) is 45.2 Å². The van der Waals surface area contributed by atoms with Gasteiger partial charge in [-0.15, -0.1) is 0 Å². The van der Waals surface area contributed by atoms with Gasteiger partial charge in [-0.1, -0.05) is 49.0 Å². The van der Waals surface area contributed by atoms with E-state index in [1.54, 1.807) is 0 Å². The lowest BCUT2D eigenvalue weighted by Gasteiger charge is -2.30. The second kappa shape index (κ2) is 14.6. The average Bonchev–Trinajstić information content (AvgIpc) is 3.13. The Morgan fingerprint density at radius 2 is 1.00 bits per heavy atom. The van der Waals surface area contributed by atoms with Gasteiger partial charge in [0.1, 0.15) is 0 Å². The predicted molar refractivity (Wildman–Crippen MR) is 163 cm³/mol. The van der Waals surface area contributed by atoms with E-state index < -0.39 is 5.92 Å². The average molecular weight is 544 g/mol. The summed E-state index contributed by atoms with van der Waals surface area (Å²) in [4.78, 5) is 7.30. The fourth-order valence-corrected chi connectivity index (χ4v) is 7.08. The largest absolute Gasteiger partial charge is 0.298 e. The summed E-state index contributed by atoms with van der Waals surface area (Å²) in [6, 6.07) is 3.48. The molecule has 3 saturated heterocycles. The molecule has 3 atom stereocenters. The van der Waals surface area contributed by atoms with Gasteiger partial charge < -0.3 is 0 Å².